The molecule has 0 N–H and O–H groups in total. The van der Waals surface area contributed by atoms with Gasteiger partial charge in [0.2, 0.25) is 10.0 Å². The average Bonchev–Trinajstić information content (AvgIpc) is 2.89. The number of carbonyl (C=O) groups is 1. The fraction of sp³-hybridized carbons (Fsp3) is 0.192. The van der Waals surface area contributed by atoms with Gasteiger partial charge >= 0.3 is 5.97 Å². The van der Waals surface area contributed by atoms with Crippen LogP contribution in [0.2, 0.25) is 5.02 Å². The minimum absolute atomic E-state index is 0.0133. The molecule has 9 heteroatoms. The Morgan fingerprint density at radius 3 is 2.49 bits per heavy atom. The van der Waals surface area contributed by atoms with Crippen LogP contribution >= 0.6 is 11.6 Å². The number of sulfonamides is 1. The summed E-state index contributed by atoms with van der Waals surface area (Å²) in [4.78, 5) is 22.0. The van der Waals surface area contributed by atoms with E-state index in [0.29, 0.717) is 18.8 Å². The molecule has 35 heavy (non-hydrogen) atoms. The van der Waals surface area contributed by atoms with Gasteiger partial charge in [0.25, 0.3) is 0 Å². The standard InChI is InChI=1S/C26H22ClN3O4S/c27-22-12-11-20(35(32,33)30-13-4-1-5-14-30)16-21(22)26(31)34-19-8-6-7-18(15-19)25-17-28-23-9-2-3-10-24(23)29-25/h2-3,6-12,15-17H,1,4-5,13-14H2. The van der Waals surface area contributed by atoms with Crippen LogP contribution in [0.15, 0.2) is 77.8 Å². The molecule has 2 heterocycles. The molecule has 0 bridgehead atoms. The van der Waals surface area contributed by atoms with E-state index in [-0.39, 0.29) is 21.2 Å². The van der Waals surface area contributed by atoms with Crippen LogP contribution in [-0.2, 0) is 10.0 Å². The van der Waals surface area contributed by atoms with Crippen molar-refractivity contribution >= 4 is 38.6 Å². The Balaban J connectivity index is 1.40. The minimum atomic E-state index is -3.72. The molecule has 0 saturated carbocycles. The molecule has 5 rings (SSSR count). The lowest BCUT2D eigenvalue weighted by molar-refractivity contribution is 0.0735. The third-order valence-electron chi connectivity index (χ3n) is 5.90. The second-order valence-corrected chi connectivity index (χ2v) is 10.6. The first-order chi connectivity index (χ1) is 16.9. The van der Waals surface area contributed by atoms with Crippen molar-refractivity contribution in [2.75, 3.05) is 13.1 Å². The van der Waals surface area contributed by atoms with E-state index in [4.69, 9.17) is 16.3 Å². The molecule has 178 valence electrons. The van der Waals surface area contributed by atoms with Crippen molar-refractivity contribution in [2.45, 2.75) is 24.2 Å². The summed E-state index contributed by atoms with van der Waals surface area (Å²) in [5.74, 6) is -0.463. The normalized spacial score (nSPS) is 14.7. The van der Waals surface area contributed by atoms with Crippen LogP contribution in [0, 0.1) is 0 Å². The van der Waals surface area contributed by atoms with Gasteiger partial charge in [0.05, 0.1) is 38.4 Å². The number of para-hydroxylation sites is 2. The van der Waals surface area contributed by atoms with E-state index < -0.39 is 16.0 Å². The lowest BCUT2D eigenvalue weighted by Gasteiger charge is -2.26. The van der Waals surface area contributed by atoms with Crippen LogP contribution in [0.1, 0.15) is 29.6 Å². The molecule has 1 saturated heterocycles. The molecule has 0 atom stereocenters. The molecule has 0 spiro atoms. The van der Waals surface area contributed by atoms with E-state index in [1.54, 1.807) is 24.4 Å². The molecule has 3 aromatic carbocycles. The van der Waals surface area contributed by atoms with Crippen LogP contribution in [0.3, 0.4) is 0 Å². The Morgan fingerprint density at radius 1 is 0.914 bits per heavy atom. The summed E-state index contributed by atoms with van der Waals surface area (Å²) in [5, 5.41) is 0.115. The van der Waals surface area contributed by atoms with Crippen LogP contribution in [0.5, 0.6) is 5.75 Å². The van der Waals surface area contributed by atoms with Gasteiger partial charge in [-0.2, -0.15) is 4.31 Å². The summed E-state index contributed by atoms with van der Waals surface area (Å²) in [7, 11) is -3.72. The number of ether oxygens (including phenoxy) is 1. The molecule has 4 aromatic rings. The molecule has 1 fully saturated rings. The quantitative estimate of drug-likeness (QED) is 0.267. The zero-order valence-electron chi connectivity index (χ0n) is 18.7. The third-order valence-corrected chi connectivity index (χ3v) is 8.12. The summed E-state index contributed by atoms with van der Waals surface area (Å²) in [6.07, 6.45) is 4.31. The zero-order chi connectivity index (χ0) is 24.4. The number of hydrogen-bond donors (Lipinski definition) is 0. The third kappa shape index (κ3) is 4.91. The lowest BCUT2D eigenvalue weighted by atomic mass is 10.1. The Hall–Kier alpha value is -3.33. The summed E-state index contributed by atoms with van der Waals surface area (Å²) < 4.78 is 33.1. The molecule has 0 radical (unpaired) electrons. The van der Waals surface area contributed by atoms with Crippen LogP contribution in [-0.4, -0.2) is 41.7 Å². The Labute approximate surface area is 208 Å². The van der Waals surface area contributed by atoms with Gasteiger partial charge in [0.15, 0.2) is 0 Å². The van der Waals surface area contributed by atoms with Crippen LogP contribution in [0.25, 0.3) is 22.3 Å². The van der Waals surface area contributed by atoms with Crippen molar-refractivity contribution in [1.82, 2.24) is 14.3 Å². The van der Waals surface area contributed by atoms with Gasteiger partial charge in [0, 0.05) is 18.7 Å². The average molecular weight is 508 g/mol. The number of aromatic nitrogens is 2. The molecule has 0 amide bonds. The zero-order valence-corrected chi connectivity index (χ0v) is 20.3. The highest BCUT2D eigenvalue weighted by Gasteiger charge is 2.27. The van der Waals surface area contributed by atoms with Crippen LogP contribution < -0.4 is 4.74 Å². The molecule has 7 nitrogen and oxygen atoms in total. The van der Waals surface area contributed by atoms with Crippen molar-refractivity contribution in [3.8, 4) is 17.0 Å². The Bertz CT molecular complexity index is 1520. The van der Waals surface area contributed by atoms with Crippen LogP contribution in [0.4, 0.5) is 0 Å². The maximum absolute atomic E-state index is 13.0. The van der Waals surface area contributed by atoms with Crippen molar-refractivity contribution in [3.05, 3.63) is 83.5 Å². The predicted octanol–water partition coefficient (Wildman–Crippen LogP) is 5.34. The number of nitrogens with zero attached hydrogens (tertiary/aromatic N) is 3. The van der Waals surface area contributed by atoms with Crippen molar-refractivity contribution in [2.24, 2.45) is 0 Å². The number of rotatable bonds is 5. The van der Waals surface area contributed by atoms with E-state index in [1.807, 2.05) is 30.3 Å². The lowest BCUT2D eigenvalue weighted by Crippen LogP contribution is -2.35. The summed E-state index contributed by atoms with van der Waals surface area (Å²) in [5.41, 5.74) is 2.88. The first-order valence-electron chi connectivity index (χ1n) is 11.3. The van der Waals surface area contributed by atoms with Gasteiger partial charge < -0.3 is 4.74 Å². The largest absolute Gasteiger partial charge is 0.423 e. The second-order valence-electron chi connectivity index (χ2n) is 8.27. The highest BCUT2D eigenvalue weighted by molar-refractivity contribution is 7.89. The van der Waals surface area contributed by atoms with E-state index in [9.17, 15) is 13.2 Å². The first kappa shape index (κ1) is 23.4. The van der Waals surface area contributed by atoms with E-state index in [2.05, 4.69) is 9.97 Å². The van der Waals surface area contributed by atoms with E-state index >= 15 is 0 Å². The molecule has 0 unspecified atom stereocenters. The molecule has 0 aliphatic carbocycles. The number of esters is 1. The van der Waals surface area contributed by atoms with Gasteiger partial charge in [-0.15, -0.1) is 0 Å². The number of halogens is 1. The summed E-state index contributed by atoms with van der Waals surface area (Å²) >= 11 is 6.25. The van der Waals surface area contributed by atoms with E-state index in [0.717, 1.165) is 35.9 Å². The molecular formula is C26H22ClN3O4S. The minimum Gasteiger partial charge on any atom is -0.423 e. The SMILES string of the molecule is O=C(Oc1cccc(-c2cnc3ccccc3n2)c1)c1cc(S(=O)(=O)N2CCCCC2)ccc1Cl. The monoisotopic (exact) mass is 507 g/mol. The number of piperidine rings is 1. The molecular weight excluding hydrogens is 486 g/mol. The number of benzene rings is 3. The maximum atomic E-state index is 13.0. The fourth-order valence-electron chi connectivity index (χ4n) is 4.05. The number of hydrogen-bond acceptors (Lipinski definition) is 6. The highest BCUT2D eigenvalue weighted by Crippen LogP contribution is 2.28. The van der Waals surface area contributed by atoms with Crippen molar-refractivity contribution < 1.29 is 17.9 Å². The van der Waals surface area contributed by atoms with Gasteiger partial charge in [-0.1, -0.05) is 42.3 Å². The highest BCUT2D eigenvalue weighted by atomic mass is 35.5. The van der Waals surface area contributed by atoms with Gasteiger partial charge in [0.1, 0.15) is 5.75 Å². The van der Waals surface area contributed by atoms with Gasteiger partial charge in [-0.05, 0) is 55.3 Å². The van der Waals surface area contributed by atoms with E-state index in [1.165, 1.54) is 22.5 Å². The van der Waals surface area contributed by atoms with Gasteiger partial charge in [-0.25, -0.2) is 18.2 Å². The molecule has 1 aromatic heterocycles. The van der Waals surface area contributed by atoms with Gasteiger partial charge in [-0.3, -0.25) is 4.98 Å². The summed E-state index contributed by atoms with van der Waals surface area (Å²) in [6, 6.07) is 18.6. The predicted molar refractivity (Wildman–Crippen MR) is 134 cm³/mol. The number of carbonyl (C=O) groups excluding carboxylic acids is 1. The second kappa shape index (κ2) is 9.73. The maximum Gasteiger partial charge on any atom is 0.345 e. The first-order valence-corrected chi connectivity index (χ1v) is 13.1. The topological polar surface area (TPSA) is 89.5 Å². The smallest absolute Gasteiger partial charge is 0.345 e. The molecule has 1 aliphatic rings. The fourth-order valence-corrected chi connectivity index (χ4v) is 5.79. The number of fused-ring (bicyclic) bond motifs is 1. The van der Waals surface area contributed by atoms with Crippen molar-refractivity contribution in [3.63, 3.8) is 0 Å². The molecule has 1 aliphatic heterocycles. The van der Waals surface area contributed by atoms with Crippen molar-refractivity contribution in [1.29, 1.82) is 0 Å². The summed E-state index contributed by atoms with van der Waals surface area (Å²) in [6.45, 7) is 0.935. The Kier molecular flexibility index (Phi) is 6.51. The Morgan fingerprint density at radius 2 is 1.69 bits per heavy atom.